The van der Waals surface area contributed by atoms with Gasteiger partial charge in [0.1, 0.15) is 12.6 Å². The van der Waals surface area contributed by atoms with Crippen molar-refractivity contribution in [2.45, 2.75) is 206 Å². The number of quaternary nitrogens is 1. The first-order valence-electron chi connectivity index (χ1n) is 21.0. The lowest BCUT2D eigenvalue weighted by molar-refractivity contribution is -0.893. The second-order valence-corrected chi connectivity index (χ2v) is 16.9. The second-order valence-electron chi connectivity index (χ2n) is 15.7. The number of hydrogen-bond acceptors (Lipinski definition) is 5. The molecule has 0 aliphatic rings. The molecule has 3 unspecified atom stereocenters. The highest BCUT2D eigenvalue weighted by Gasteiger charge is 2.22. The van der Waals surface area contributed by atoms with E-state index in [4.69, 9.17) is 4.89 Å². The number of nitrogens with zero attached hydrogens (tertiary/aromatic N) is 1. The molecule has 0 aliphatic heterocycles. The number of aliphatic hydroxyl groups excluding tert-OH is 1. The summed E-state index contributed by atoms with van der Waals surface area (Å²) in [5.74, 6) is 0.272. The molecule has 0 heterocycles. The Bertz CT molecular complexity index is 778. The van der Waals surface area contributed by atoms with Crippen molar-refractivity contribution in [2.75, 3.05) is 40.3 Å². The Morgan fingerprint density at radius 2 is 1.00 bits per heavy atom. The molecule has 0 rings (SSSR count). The zero-order valence-electron chi connectivity index (χ0n) is 32.9. The van der Waals surface area contributed by atoms with Crippen LogP contribution in [0.3, 0.4) is 0 Å². The van der Waals surface area contributed by atoms with Crippen LogP contribution in [-0.2, 0) is 13.9 Å². The molecule has 3 atom stereocenters. The maximum atomic E-state index is 13.3. The van der Waals surface area contributed by atoms with Gasteiger partial charge in [-0.2, -0.15) is 0 Å². The zero-order chi connectivity index (χ0) is 36.5. The highest BCUT2D eigenvalue weighted by Crippen LogP contribution is 2.30. The summed E-state index contributed by atoms with van der Waals surface area (Å²) in [5, 5.41) is 13.3. The van der Waals surface area contributed by atoms with Gasteiger partial charge in [0.15, 0.2) is 0 Å². The van der Waals surface area contributed by atoms with Crippen LogP contribution in [0.4, 0.5) is 0 Å². The maximum Gasteiger partial charge on any atom is 0.265 e. The quantitative estimate of drug-likeness (QED) is 0.0332. The lowest BCUT2D eigenvalue weighted by Crippen LogP contribution is -2.48. The van der Waals surface area contributed by atoms with E-state index in [1.807, 2.05) is 14.1 Å². The monoisotopic (exact) mass is 719 g/mol. The van der Waals surface area contributed by atoms with Crippen molar-refractivity contribution in [2.24, 2.45) is 5.92 Å². The van der Waals surface area contributed by atoms with Gasteiger partial charge >= 0.3 is 0 Å². The minimum absolute atomic E-state index is 0.0863. The third-order valence-electron chi connectivity index (χ3n) is 10.1. The molecule has 0 saturated carbocycles. The van der Waals surface area contributed by atoms with E-state index in [0.29, 0.717) is 17.6 Å². The van der Waals surface area contributed by atoms with Gasteiger partial charge in [-0.15, -0.1) is 0 Å². The highest BCUT2D eigenvalue weighted by molar-refractivity contribution is 7.44. The average Bonchev–Trinajstić information content (AvgIpc) is 3.04. The Kier molecular flexibility index (Phi) is 33.0. The molecule has 0 bridgehead atoms. The maximum absolute atomic E-state index is 13.3. The van der Waals surface area contributed by atoms with Crippen molar-refractivity contribution < 1.29 is 33.3 Å². The molecule has 8 nitrogen and oxygen atoms in total. The van der Waals surface area contributed by atoms with Crippen molar-refractivity contribution in [3.05, 3.63) is 0 Å². The molecular weight excluding hydrogens is 635 g/mol. The van der Waals surface area contributed by atoms with E-state index in [1.165, 1.54) is 154 Å². The van der Waals surface area contributed by atoms with E-state index in [1.54, 1.807) is 0 Å². The van der Waals surface area contributed by atoms with E-state index in [0.717, 1.165) is 32.1 Å². The van der Waals surface area contributed by atoms with Crippen LogP contribution in [0.25, 0.3) is 0 Å². The molecule has 0 spiro atoms. The molecule has 9 heteroatoms. The lowest BCUT2D eigenvalue weighted by Gasteiger charge is -2.32. The smallest absolute Gasteiger partial charge is 0.265 e. The first kappa shape index (κ1) is 48.5. The van der Waals surface area contributed by atoms with Crippen LogP contribution in [-0.4, -0.2) is 66.8 Å². The number of carbonyl (C=O) groups is 1. The molecule has 0 radical (unpaired) electrons. The molecule has 1 amide bonds. The Morgan fingerprint density at radius 3 is 1.35 bits per heavy atom. The summed E-state index contributed by atoms with van der Waals surface area (Å²) in [6, 6.07) is 0. The van der Waals surface area contributed by atoms with Gasteiger partial charge in [-0.25, -0.2) is 0 Å². The molecule has 0 aliphatic carbocycles. The number of carbonyl (C=O) groups excluding carboxylic acids is 1. The number of hydrogen-bond donors (Lipinski definition) is 3. The van der Waals surface area contributed by atoms with Gasteiger partial charge in [0.05, 0.1) is 27.2 Å². The fourth-order valence-corrected chi connectivity index (χ4v) is 7.34. The van der Waals surface area contributed by atoms with E-state index in [2.05, 4.69) is 23.7 Å². The van der Waals surface area contributed by atoms with Gasteiger partial charge in [0.25, 0.3) is 7.82 Å². The van der Waals surface area contributed by atoms with Crippen LogP contribution in [0.5, 0.6) is 0 Å². The number of likely N-dealkylation sites (N-methyl/N-ethyl adjacent to an activating group) is 1. The highest BCUT2D eigenvalue weighted by atomic mass is 31.2. The minimum atomic E-state index is -4.84. The van der Waals surface area contributed by atoms with Gasteiger partial charge in [-0.1, -0.05) is 181 Å². The standard InChI is InChI=1S/C40H83N2O6P/c1-5-7-9-11-13-15-17-19-20-22-24-26-28-30-33-38(32-29-27-25-23-21-18-16-14-12-10-8-6-2)40(44)41-34-31-35-42(3,4)36-39(43)37-48-49(45,46)47/h38-39,43H,5-37H2,1-4H3,(H2-,41,44,45,46,47). The molecule has 0 aromatic heterocycles. The predicted molar refractivity (Wildman–Crippen MR) is 205 cm³/mol. The summed E-state index contributed by atoms with van der Waals surface area (Å²) in [6.07, 6.45) is 36.4. The van der Waals surface area contributed by atoms with Crippen LogP contribution >= 0.6 is 7.82 Å². The number of nitrogens with one attached hydrogen (secondary N) is 1. The molecule has 0 fully saturated rings. The van der Waals surface area contributed by atoms with Crippen LogP contribution in [0.1, 0.15) is 200 Å². The van der Waals surface area contributed by atoms with Crippen LogP contribution in [0.15, 0.2) is 0 Å². The normalized spacial score (nSPS) is 14.5. The Labute approximate surface area is 304 Å². The van der Waals surface area contributed by atoms with Gasteiger partial charge in [-0.05, 0) is 12.8 Å². The van der Waals surface area contributed by atoms with Crippen molar-refractivity contribution in [3.63, 3.8) is 0 Å². The fourth-order valence-electron chi connectivity index (χ4n) is 6.98. The van der Waals surface area contributed by atoms with Crippen LogP contribution in [0.2, 0.25) is 0 Å². The lowest BCUT2D eigenvalue weighted by atomic mass is 9.93. The molecule has 0 aromatic rings. The number of phosphoric ester groups is 1. The van der Waals surface area contributed by atoms with E-state index >= 15 is 0 Å². The third kappa shape index (κ3) is 35.7. The Hall–Kier alpha value is -0.500. The summed E-state index contributed by atoms with van der Waals surface area (Å²) in [7, 11) is -0.941. The third-order valence-corrected chi connectivity index (χ3v) is 10.5. The summed E-state index contributed by atoms with van der Waals surface area (Å²) in [4.78, 5) is 32.8. The predicted octanol–water partition coefficient (Wildman–Crippen LogP) is 9.99. The van der Waals surface area contributed by atoms with Crippen molar-refractivity contribution >= 4 is 13.7 Å². The Morgan fingerprint density at radius 1 is 0.653 bits per heavy atom. The van der Waals surface area contributed by atoms with E-state index in [9.17, 15) is 19.4 Å². The van der Waals surface area contributed by atoms with Crippen LogP contribution in [0, 0.1) is 5.92 Å². The first-order chi connectivity index (χ1) is 23.5. The van der Waals surface area contributed by atoms with E-state index < -0.39 is 20.5 Å². The molecule has 294 valence electrons. The minimum Gasteiger partial charge on any atom is -0.756 e. The fraction of sp³-hybridized carbons (Fsp3) is 0.975. The largest absolute Gasteiger partial charge is 0.756 e. The number of unbranched alkanes of at least 4 members (excludes halogenated alkanes) is 24. The van der Waals surface area contributed by atoms with Crippen molar-refractivity contribution in [1.82, 2.24) is 5.32 Å². The SMILES string of the molecule is CCCCCCCCCCCCCCCCC(CCCCCCCCCCCCCC)C(=O)NCCC[N+](C)(C)CC(O)COP(=O)([O-])O. The summed E-state index contributed by atoms with van der Waals surface area (Å²) >= 11 is 0. The molecule has 49 heavy (non-hydrogen) atoms. The van der Waals surface area contributed by atoms with Crippen LogP contribution < -0.4 is 10.2 Å². The summed E-state index contributed by atoms with van der Waals surface area (Å²) in [5.41, 5.74) is 0. The molecule has 3 N–H and O–H groups in total. The number of amides is 1. The number of phosphoric acid groups is 1. The summed E-state index contributed by atoms with van der Waals surface area (Å²) < 4.78 is 15.6. The zero-order valence-corrected chi connectivity index (χ0v) is 33.8. The number of aliphatic hydroxyl groups is 1. The first-order valence-corrected chi connectivity index (χ1v) is 22.5. The Balaban J connectivity index is 4.38. The second kappa shape index (κ2) is 33.3. The van der Waals surface area contributed by atoms with E-state index in [-0.39, 0.29) is 18.4 Å². The topological polar surface area (TPSA) is 119 Å². The average molecular weight is 719 g/mol. The molecule has 0 aromatic carbocycles. The molecule has 0 saturated heterocycles. The summed E-state index contributed by atoms with van der Waals surface area (Å²) in [6.45, 7) is 5.68. The van der Waals surface area contributed by atoms with Gasteiger partial charge in [0.2, 0.25) is 5.91 Å². The van der Waals surface area contributed by atoms with Crippen molar-refractivity contribution in [3.8, 4) is 0 Å². The molecular formula is C40H83N2O6P. The van der Waals surface area contributed by atoms with Crippen molar-refractivity contribution in [1.29, 1.82) is 0 Å². The van der Waals surface area contributed by atoms with Gasteiger partial charge in [0, 0.05) is 18.9 Å². The number of rotatable bonds is 38. The van der Waals surface area contributed by atoms with Gasteiger partial charge < -0.3 is 29.2 Å². The van der Waals surface area contributed by atoms with Gasteiger partial charge in [-0.3, -0.25) is 9.36 Å².